The summed E-state index contributed by atoms with van der Waals surface area (Å²) in [6.45, 7) is 0. The number of sulfone groups is 1. The molecular weight excluding hydrogens is 326 g/mol. The number of carbonyl (C=O) groups is 1. The Bertz CT molecular complexity index is 777. The van der Waals surface area contributed by atoms with Gasteiger partial charge in [0, 0.05) is 18.4 Å². The third-order valence-corrected chi connectivity index (χ3v) is 6.88. The molecule has 2 atom stereocenters. The highest BCUT2D eigenvalue weighted by atomic mass is 32.2. The number of nitrogens with one attached hydrogen (secondary N) is 1. The van der Waals surface area contributed by atoms with E-state index in [-0.39, 0.29) is 23.5 Å². The predicted molar refractivity (Wildman–Crippen MR) is 91.6 cm³/mol. The zero-order valence-corrected chi connectivity index (χ0v) is 14.5. The first-order chi connectivity index (χ1) is 11.5. The quantitative estimate of drug-likeness (QED) is 0.828. The fourth-order valence-electron chi connectivity index (χ4n) is 3.63. The highest BCUT2D eigenvalue weighted by molar-refractivity contribution is 7.91. The molecule has 2 fully saturated rings. The number of hydrogen-bond donors (Lipinski definition) is 1. The normalized spacial score (nSPS) is 28.3. The molecule has 4 rings (SSSR count). The molecule has 0 aromatic carbocycles. The Morgan fingerprint density at radius 3 is 2.75 bits per heavy atom. The first-order valence-corrected chi connectivity index (χ1v) is 10.6. The van der Waals surface area contributed by atoms with Gasteiger partial charge in [-0.2, -0.15) is 5.10 Å². The van der Waals surface area contributed by atoms with Gasteiger partial charge in [0.25, 0.3) is 0 Å². The van der Waals surface area contributed by atoms with E-state index in [0.717, 1.165) is 31.4 Å². The molecule has 0 bridgehead atoms. The summed E-state index contributed by atoms with van der Waals surface area (Å²) in [6, 6.07) is 1.77. The Kier molecular flexibility index (Phi) is 3.98. The maximum absolute atomic E-state index is 12.4. The van der Waals surface area contributed by atoms with Gasteiger partial charge in [-0.25, -0.2) is 13.1 Å². The van der Waals surface area contributed by atoms with Crippen molar-refractivity contribution in [2.75, 3.05) is 16.8 Å². The van der Waals surface area contributed by atoms with Crippen LogP contribution in [0.4, 0.5) is 5.82 Å². The summed E-state index contributed by atoms with van der Waals surface area (Å²) < 4.78 is 25.3. The Balaban J connectivity index is 1.52. The van der Waals surface area contributed by atoms with E-state index < -0.39 is 9.84 Å². The zero-order valence-electron chi connectivity index (χ0n) is 13.6. The average Bonchev–Trinajstić information content (AvgIpc) is 2.91. The highest BCUT2D eigenvalue weighted by Crippen LogP contribution is 2.41. The maximum atomic E-state index is 12.4. The van der Waals surface area contributed by atoms with Crippen molar-refractivity contribution in [1.29, 1.82) is 0 Å². The second kappa shape index (κ2) is 6.02. The minimum absolute atomic E-state index is 0.0177. The number of amides is 1. The number of rotatable bonds is 5. The van der Waals surface area contributed by atoms with Crippen LogP contribution in [0, 0.1) is 5.92 Å². The van der Waals surface area contributed by atoms with Crippen molar-refractivity contribution in [3.8, 4) is 0 Å². The van der Waals surface area contributed by atoms with Crippen LogP contribution in [0.15, 0.2) is 18.2 Å². The van der Waals surface area contributed by atoms with Crippen LogP contribution >= 0.6 is 0 Å². The van der Waals surface area contributed by atoms with Crippen molar-refractivity contribution in [1.82, 2.24) is 9.78 Å². The molecule has 0 spiro atoms. The minimum Gasteiger partial charge on any atom is -0.311 e. The molecule has 7 heteroatoms. The number of anilines is 1. The van der Waals surface area contributed by atoms with E-state index >= 15 is 0 Å². The van der Waals surface area contributed by atoms with Gasteiger partial charge in [0.1, 0.15) is 5.82 Å². The predicted octanol–water partition coefficient (Wildman–Crippen LogP) is 2.41. The van der Waals surface area contributed by atoms with Crippen molar-refractivity contribution in [2.45, 2.75) is 50.5 Å². The number of nitrogens with zero attached hydrogens (tertiary/aromatic N) is 2. The van der Waals surface area contributed by atoms with Crippen LogP contribution in [0.5, 0.6) is 0 Å². The molecule has 2 heterocycles. The molecule has 24 heavy (non-hydrogen) atoms. The SMILES string of the molecule is O=C(C[C@@H]1C=CCC1)Nc1cc(C2CC2)nn1[C@@H]1CCS(=O)(=O)C1. The van der Waals surface area contributed by atoms with Crippen LogP contribution in [-0.4, -0.2) is 35.6 Å². The van der Waals surface area contributed by atoms with Gasteiger partial charge in [0.2, 0.25) is 5.91 Å². The van der Waals surface area contributed by atoms with Gasteiger partial charge < -0.3 is 5.32 Å². The van der Waals surface area contributed by atoms with Crippen LogP contribution in [0.1, 0.15) is 56.2 Å². The van der Waals surface area contributed by atoms with Gasteiger partial charge in [-0.3, -0.25) is 4.79 Å². The molecule has 1 saturated carbocycles. The third-order valence-electron chi connectivity index (χ3n) is 5.13. The first-order valence-electron chi connectivity index (χ1n) is 8.76. The monoisotopic (exact) mass is 349 g/mol. The van der Waals surface area contributed by atoms with E-state index in [1.807, 2.05) is 6.07 Å². The fraction of sp³-hybridized carbons (Fsp3) is 0.647. The number of allylic oxidation sites excluding steroid dienone is 2. The molecule has 1 saturated heterocycles. The van der Waals surface area contributed by atoms with E-state index in [4.69, 9.17) is 0 Å². The standard InChI is InChI=1S/C17H23N3O3S/c21-17(9-12-3-1-2-4-12)18-16-10-15(13-5-6-13)19-20(16)14-7-8-24(22,23)11-14/h1,3,10,12-14H,2,4-9,11H2,(H,18,21)/t12-,14-/m1/s1. The molecule has 6 nitrogen and oxygen atoms in total. The summed E-state index contributed by atoms with van der Waals surface area (Å²) in [5.41, 5.74) is 0.982. The van der Waals surface area contributed by atoms with Crippen molar-refractivity contribution >= 4 is 21.6 Å². The zero-order chi connectivity index (χ0) is 16.7. The van der Waals surface area contributed by atoms with E-state index in [1.165, 1.54) is 0 Å². The third kappa shape index (κ3) is 3.41. The molecule has 1 amide bonds. The lowest BCUT2D eigenvalue weighted by Gasteiger charge is -2.14. The van der Waals surface area contributed by atoms with E-state index in [2.05, 4.69) is 22.6 Å². The van der Waals surface area contributed by atoms with E-state index in [0.29, 0.717) is 30.5 Å². The van der Waals surface area contributed by atoms with Crippen LogP contribution in [0.25, 0.3) is 0 Å². The van der Waals surface area contributed by atoms with Gasteiger partial charge in [-0.05, 0) is 38.0 Å². The summed E-state index contributed by atoms with van der Waals surface area (Å²) >= 11 is 0. The first kappa shape index (κ1) is 15.9. The lowest BCUT2D eigenvalue weighted by molar-refractivity contribution is -0.116. The summed E-state index contributed by atoms with van der Waals surface area (Å²) in [5.74, 6) is 1.75. The number of hydrogen-bond acceptors (Lipinski definition) is 4. The smallest absolute Gasteiger partial charge is 0.226 e. The molecular formula is C17H23N3O3S. The van der Waals surface area contributed by atoms with Crippen LogP contribution in [-0.2, 0) is 14.6 Å². The molecule has 1 aliphatic heterocycles. The van der Waals surface area contributed by atoms with Crippen LogP contribution in [0.3, 0.4) is 0 Å². The van der Waals surface area contributed by atoms with Gasteiger partial charge >= 0.3 is 0 Å². The second-order valence-electron chi connectivity index (χ2n) is 7.25. The van der Waals surface area contributed by atoms with Crippen LogP contribution in [0.2, 0.25) is 0 Å². The van der Waals surface area contributed by atoms with Gasteiger partial charge in [0.15, 0.2) is 9.84 Å². The topological polar surface area (TPSA) is 81.1 Å². The Labute approximate surface area is 142 Å². The highest BCUT2D eigenvalue weighted by Gasteiger charge is 2.34. The van der Waals surface area contributed by atoms with Crippen molar-refractivity contribution in [2.24, 2.45) is 5.92 Å². The molecule has 0 unspecified atom stereocenters. The van der Waals surface area contributed by atoms with Crippen molar-refractivity contribution in [3.63, 3.8) is 0 Å². The lowest BCUT2D eigenvalue weighted by Crippen LogP contribution is -2.20. The maximum Gasteiger partial charge on any atom is 0.226 e. The molecule has 1 aromatic rings. The summed E-state index contributed by atoms with van der Waals surface area (Å²) in [4.78, 5) is 12.4. The number of aromatic nitrogens is 2. The van der Waals surface area contributed by atoms with Gasteiger partial charge in [-0.1, -0.05) is 12.2 Å². The molecule has 1 aromatic heterocycles. The molecule has 130 valence electrons. The minimum atomic E-state index is -2.99. The van der Waals surface area contributed by atoms with E-state index in [1.54, 1.807) is 4.68 Å². The molecule has 2 aliphatic carbocycles. The van der Waals surface area contributed by atoms with Crippen LogP contribution < -0.4 is 5.32 Å². The molecule has 0 radical (unpaired) electrons. The summed E-state index contributed by atoms with van der Waals surface area (Å²) in [6.07, 6.45) is 9.60. The lowest BCUT2D eigenvalue weighted by atomic mass is 10.1. The van der Waals surface area contributed by atoms with Gasteiger partial charge in [0.05, 0.1) is 23.2 Å². The summed E-state index contributed by atoms with van der Waals surface area (Å²) in [7, 11) is -2.99. The van der Waals surface area contributed by atoms with Crippen molar-refractivity contribution < 1.29 is 13.2 Å². The Morgan fingerprint density at radius 2 is 2.12 bits per heavy atom. The average molecular weight is 349 g/mol. The Hall–Kier alpha value is -1.63. The van der Waals surface area contributed by atoms with E-state index in [9.17, 15) is 13.2 Å². The largest absolute Gasteiger partial charge is 0.311 e. The second-order valence-corrected chi connectivity index (χ2v) is 9.48. The fourth-order valence-corrected chi connectivity index (χ4v) is 5.32. The molecule has 3 aliphatic rings. The Morgan fingerprint density at radius 1 is 1.29 bits per heavy atom. The number of carbonyl (C=O) groups excluding carboxylic acids is 1. The van der Waals surface area contributed by atoms with Gasteiger partial charge in [-0.15, -0.1) is 0 Å². The molecule has 1 N–H and O–H groups in total. The summed E-state index contributed by atoms with van der Waals surface area (Å²) in [5, 5.41) is 7.61. The van der Waals surface area contributed by atoms with Crippen molar-refractivity contribution in [3.05, 3.63) is 23.9 Å².